The summed E-state index contributed by atoms with van der Waals surface area (Å²) in [5.74, 6) is -2.42. The van der Waals surface area contributed by atoms with Crippen LogP contribution in [-0.2, 0) is 29.8 Å². The number of nitrogens with two attached hydrogens (primary N) is 1. The number of hydrogen-bond acceptors (Lipinski definition) is 14. The van der Waals surface area contributed by atoms with Gasteiger partial charge in [0.15, 0.2) is 17.3 Å². The summed E-state index contributed by atoms with van der Waals surface area (Å²) in [4.78, 5) is 37.3. The summed E-state index contributed by atoms with van der Waals surface area (Å²) in [6.45, 7) is 4.10. The molecule has 56 heavy (non-hydrogen) atoms. The number of amides is 2. The van der Waals surface area contributed by atoms with Gasteiger partial charge in [-0.2, -0.15) is 37.3 Å². The Balaban J connectivity index is 1.31. The van der Waals surface area contributed by atoms with Crippen molar-refractivity contribution in [3.63, 3.8) is 0 Å². The van der Waals surface area contributed by atoms with E-state index < -0.39 is 59.4 Å². The van der Waals surface area contributed by atoms with Crippen LogP contribution in [0.15, 0.2) is 115 Å². The number of Topliss-reactive ketones (excluding diaryl/α,β-unsaturated/α-hetero) is 1. The molecule has 0 saturated carbocycles. The number of nitrogens with one attached hydrogen (secondary N) is 2. The minimum atomic E-state index is -4.99. The van der Waals surface area contributed by atoms with Crippen molar-refractivity contribution in [1.82, 2.24) is 9.78 Å². The average molecular weight is 804 g/mol. The largest absolute Gasteiger partial charge is 0.495 e. The number of para-hydroxylation sites is 1. The van der Waals surface area contributed by atoms with Crippen LogP contribution in [0.25, 0.3) is 5.69 Å². The summed E-state index contributed by atoms with van der Waals surface area (Å²) in [5, 5.41) is 25.2. The average Bonchev–Trinajstić information content (AvgIpc) is 3.42. The summed E-state index contributed by atoms with van der Waals surface area (Å²) >= 11 is 0. The fourth-order valence-electron chi connectivity index (χ4n) is 5.15. The van der Waals surface area contributed by atoms with Crippen LogP contribution >= 0.6 is 0 Å². The predicted molar refractivity (Wildman–Crippen MR) is 203 cm³/mol. The molecular formula is C35H33N9O10S2. The number of nitrogens with zero attached hydrogens (tertiary/aromatic N) is 6. The summed E-state index contributed by atoms with van der Waals surface area (Å²) in [6.07, 6.45) is 0. The molecule has 290 valence electrons. The van der Waals surface area contributed by atoms with Gasteiger partial charge in [0, 0.05) is 17.3 Å². The van der Waals surface area contributed by atoms with Gasteiger partial charge in [0.25, 0.3) is 32.1 Å². The predicted octanol–water partition coefficient (Wildman–Crippen LogP) is 5.92. The molecule has 1 heterocycles. The second-order valence-corrected chi connectivity index (χ2v) is 14.7. The number of methoxy groups -OCH3 is 1. The number of ketones is 1. The lowest BCUT2D eigenvalue weighted by atomic mass is 10.1. The van der Waals surface area contributed by atoms with Gasteiger partial charge in [0.1, 0.15) is 21.2 Å². The first-order valence-corrected chi connectivity index (χ1v) is 19.0. The molecule has 6 N–H and O–H groups in total. The standard InChI is InChI=1S/C35H33N9O10S2/c1-19-16-27(28(54-4)18-29(19)55(48,49)50)38-35(47)32(21(3)45)42-40-26-15-14-24(17-30(26)56(51,52)53)37-34(46)22-10-12-23(13-11-22)39-41-31-20(2)43-44(33(31)36)25-8-6-5-7-9-25/h5-18,32H,36H2,1-4H3,(H,37,46)(H,38,47)(H,48,49,50)(H,51,52,53)/b41-39+,42-40+. The van der Waals surface area contributed by atoms with Gasteiger partial charge in [-0.05, 0) is 87.0 Å². The maximum atomic E-state index is 13.1. The van der Waals surface area contributed by atoms with Gasteiger partial charge < -0.3 is 21.1 Å². The van der Waals surface area contributed by atoms with E-state index in [0.29, 0.717) is 17.1 Å². The highest BCUT2D eigenvalue weighted by Crippen LogP contribution is 2.33. The number of azo groups is 2. The second-order valence-electron chi connectivity index (χ2n) is 11.9. The maximum absolute atomic E-state index is 13.1. The monoisotopic (exact) mass is 803 g/mol. The van der Waals surface area contributed by atoms with Gasteiger partial charge in [-0.3, -0.25) is 23.5 Å². The molecule has 0 aliphatic rings. The Hall–Kier alpha value is -6.68. The van der Waals surface area contributed by atoms with Crippen molar-refractivity contribution in [3.05, 3.63) is 102 Å². The molecule has 0 aliphatic carbocycles. The number of carbonyl (C=O) groups excluding carboxylic acids is 3. The molecule has 1 unspecified atom stereocenters. The zero-order chi connectivity index (χ0) is 40.9. The number of aromatic nitrogens is 2. The molecule has 1 atom stereocenters. The quantitative estimate of drug-likeness (QED) is 0.0527. The third-order valence-electron chi connectivity index (χ3n) is 7.90. The van der Waals surface area contributed by atoms with Crippen LogP contribution < -0.4 is 21.1 Å². The zero-order valence-corrected chi connectivity index (χ0v) is 31.5. The molecule has 5 aromatic rings. The third-order valence-corrected chi connectivity index (χ3v) is 9.78. The van der Waals surface area contributed by atoms with E-state index in [2.05, 4.69) is 36.2 Å². The minimum absolute atomic E-state index is 0.0406. The number of carbonyl (C=O) groups is 3. The first-order valence-electron chi connectivity index (χ1n) is 16.1. The number of nitrogen functional groups attached to an aromatic ring is 1. The second kappa shape index (κ2) is 16.4. The summed E-state index contributed by atoms with van der Waals surface area (Å²) in [6, 6.07) is 18.7. The fourth-order valence-corrected chi connectivity index (χ4v) is 6.52. The molecule has 19 nitrogen and oxygen atoms in total. The number of ether oxygens (including phenoxy) is 1. The Morgan fingerprint density at radius 2 is 1.50 bits per heavy atom. The molecule has 4 aromatic carbocycles. The van der Waals surface area contributed by atoms with Crippen LogP contribution in [0.2, 0.25) is 0 Å². The molecular weight excluding hydrogens is 771 g/mol. The van der Waals surface area contributed by atoms with Crippen molar-refractivity contribution in [3.8, 4) is 11.4 Å². The molecule has 21 heteroatoms. The van der Waals surface area contributed by atoms with E-state index in [0.717, 1.165) is 30.8 Å². The lowest BCUT2D eigenvalue weighted by Crippen LogP contribution is -2.32. The van der Waals surface area contributed by atoms with Crippen molar-refractivity contribution in [1.29, 1.82) is 0 Å². The first kappa shape index (κ1) is 40.5. The van der Waals surface area contributed by atoms with Crippen LogP contribution in [0.3, 0.4) is 0 Å². The topological polar surface area (TPSA) is 287 Å². The Kier molecular flexibility index (Phi) is 11.8. The van der Waals surface area contributed by atoms with Gasteiger partial charge in [-0.15, -0.1) is 5.11 Å². The van der Waals surface area contributed by atoms with E-state index >= 15 is 0 Å². The van der Waals surface area contributed by atoms with Gasteiger partial charge in [0.05, 0.1) is 29.9 Å². The summed E-state index contributed by atoms with van der Waals surface area (Å²) in [5.41, 5.74) is 7.90. The molecule has 0 fully saturated rings. The highest BCUT2D eigenvalue weighted by Gasteiger charge is 2.27. The van der Waals surface area contributed by atoms with Gasteiger partial charge in [-0.25, -0.2) is 4.68 Å². The van der Waals surface area contributed by atoms with E-state index in [-0.39, 0.29) is 34.1 Å². The van der Waals surface area contributed by atoms with E-state index in [1.54, 1.807) is 11.6 Å². The molecule has 5 rings (SSSR count). The Bertz CT molecular complexity index is 2630. The first-order chi connectivity index (χ1) is 26.4. The molecule has 2 amide bonds. The summed E-state index contributed by atoms with van der Waals surface area (Å²) in [7, 11) is -8.45. The Morgan fingerprint density at radius 1 is 0.839 bits per heavy atom. The SMILES string of the molecule is COc1cc(S(=O)(=O)O)c(C)cc1NC(=O)C(/N=N/c1ccc(NC(=O)c2ccc(/N=N/c3c(C)nn(-c4ccccc4)c3N)cc2)cc1S(=O)(=O)O)C(C)=O. The van der Waals surface area contributed by atoms with E-state index in [1.807, 2.05) is 30.3 Å². The highest BCUT2D eigenvalue weighted by molar-refractivity contribution is 7.86. The Morgan fingerprint density at radius 3 is 2.11 bits per heavy atom. The number of benzene rings is 4. The van der Waals surface area contributed by atoms with Crippen LogP contribution in [-0.4, -0.2) is 66.5 Å². The number of hydrogen-bond donors (Lipinski definition) is 5. The lowest BCUT2D eigenvalue weighted by Gasteiger charge is -2.15. The van der Waals surface area contributed by atoms with Crippen LogP contribution in [0.4, 0.5) is 34.3 Å². The maximum Gasteiger partial charge on any atom is 0.296 e. The van der Waals surface area contributed by atoms with E-state index in [1.165, 1.54) is 50.4 Å². The van der Waals surface area contributed by atoms with Crippen molar-refractivity contribution >= 4 is 72.1 Å². The van der Waals surface area contributed by atoms with E-state index in [4.69, 9.17) is 10.5 Å². The fraction of sp³-hybridized carbons (Fsp3) is 0.143. The normalized spacial score (nSPS) is 12.5. The van der Waals surface area contributed by atoms with Crippen LogP contribution in [0, 0.1) is 13.8 Å². The third kappa shape index (κ3) is 9.33. The number of anilines is 3. The van der Waals surface area contributed by atoms with Crippen molar-refractivity contribution in [2.75, 3.05) is 23.5 Å². The number of aryl methyl sites for hydroxylation is 2. The zero-order valence-electron chi connectivity index (χ0n) is 29.9. The van der Waals surface area contributed by atoms with Crippen LogP contribution in [0.1, 0.15) is 28.5 Å². The van der Waals surface area contributed by atoms with Crippen molar-refractivity contribution < 1.29 is 45.1 Å². The Labute approximate surface area is 319 Å². The van der Waals surface area contributed by atoms with Gasteiger partial charge in [0.2, 0.25) is 6.04 Å². The van der Waals surface area contributed by atoms with Gasteiger partial charge >= 0.3 is 0 Å². The lowest BCUT2D eigenvalue weighted by molar-refractivity contribution is -0.126. The molecule has 0 bridgehead atoms. The van der Waals surface area contributed by atoms with Crippen molar-refractivity contribution in [2.45, 2.75) is 36.6 Å². The number of rotatable bonds is 13. The van der Waals surface area contributed by atoms with Crippen molar-refractivity contribution in [2.24, 2.45) is 20.5 Å². The smallest absolute Gasteiger partial charge is 0.296 e. The van der Waals surface area contributed by atoms with E-state index in [9.17, 15) is 40.3 Å². The molecule has 0 aliphatic heterocycles. The minimum Gasteiger partial charge on any atom is -0.495 e. The van der Waals surface area contributed by atoms with Gasteiger partial charge in [-0.1, -0.05) is 18.2 Å². The molecule has 0 spiro atoms. The van der Waals surface area contributed by atoms with Crippen LogP contribution in [0.5, 0.6) is 5.75 Å². The molecule has 1 aromatic heterocycles. The highest BCUT2D eigenvalue weighted by atomic mass is 32.2. The summed E-state index contributed by atoms with van der Waals surface area (Å²) < 4.78 is 74.0. The molecule has 0 saturated heterocycles. The molecule has 0 radical (unpaired) electrons.